The molecule has 86 valence electrons. The van der Waals surface area contributed by atoms with E-state index in [4.69, 9.17) is 4.74 Å². The first-order valence-corrected chi connectivity index (χ1v) is 4.90. The number of ether oxygens (including phenoxy) is 1. The first-order valence-electron chi connectivity index (χ1n) is 4.90. The predicted molar refractivity (Wildman–Crippen MR) is 67.3 cm³/mol. The van der Waals surface area contributed by atoms with Gasteiger partial charge in [0.25, 0.3) is 0 Å². The zero-order valence-electron chi connectivity index (χ0n) is 9.05. The Bertz CT molecular complexity index is 522. The Kier molecular flexibility index (Phi) is 4.52. The van der Waals surface area contributed by atoms with Crippen LogP contribution < -0.4 is 5.43 Å². The first kappa shape index (κ1) is 12.7. The summed E-state index contributed by atoms with van der Waals surface area (Å²) < 4.78 is 7.05. The normalized spacial score (nSPS) is 10.1. The van der Waals surface area contributed by atoms with Gasteiger partial charge in [-0.05, 0) is 12.1 Å². The highest BCUT2D eigenvalue weighted by Crippen LogP contribution is 2.08. The maximum Gasteiger partial charge on any atom is 0.189 e. The molecule has 4 heteroatoms. The van der Waals surface area contributed by atoms with E-state index in [0.717, 1.165) is 17.4 Å². The van der Waals surface area contributed by atoms with Gasteiger partial charge in [-0.25, -0.2) is 0 Å². The van der Waals surface area contributed by atoms with E-state index in [1.807, 2.05) is 35.0 Å². The average molecular weight is 240 g/mol. The number of pyridine rings is 1. The number of hydrogen-bond donors (Lipinski definition) is 0. The summed E-state index contributed by atoms with van der Waals surface area (Å²) in [7, 11) is 1.67. The van der Waals surface area contributed by atoms with Crippen LogP contribution in [0.25, 0.3) is 10.9 Å². The summed E-state index contributed by atoms with van der Waals surface area (Å²) in [6.45, 7) is 1.41. The van der Waals surface area contributed by atoms with Crippen molar-refractivity contribution in [3.63, 3.8) is 0 Å². The second-order valence-corrected chi connectivity index (χ2v) is 3.38. The lowest BCUT2D eigenvalue weighted by molar-refractivity contribution is 0.188. The van der Waals surface area contributed by atoms with Crippen molar-refractivity contribution in [3.8, 4) is 0 Å². The van der Waals surface area contributed by atoms with Crippen LogP contribution in [0.5, 0.6) is 0 Å². The summed E-state index contributed by atoms with van der Waals surface area (Å²) in [5.74, 6) is 0. The van der Waals surface area contributed by atoms with Crippen LogP contribution in [0.3, 0.4) is 0 Å². The number of aromatic nitrogens is 1. The summed E-state index contributed by atoms with van der Waals surface area (Å²) in [6.07, 6.45) is 1.81. The number of para-hydroxylation sites is 1. The average Bonchev–Trinajstić information content (AvgIpc) is 2.29. The zero-order valence-corrected chi connectivity index (χ0v) is 9.87. The highest BCUT2D eigenvalue weighted by atomic mass is 35.5. The van der Waals surface area contributed by atoms with Crippen LogP contribution in [-0.4, -0.2) is 18.3 Å². The van der Waals surface area contributed by atoms with E-state index in [9.17, 15) is 4.79 Å². The Morgan fingerprint density at radius 3 is 2.75 bits per heavy atom. The smallest absolute Gasteiger partial charge is 0.189 e. The second-order valence-electron chi connectivity index (χ2n) is 3.38. The second kappa shape index (κ2) is 5.68. The summed E-state index contributed by atoms with van der Waals surface area (Å²) in [4.78, 5) is 11.6. The molecule has 16 heavy (non-hydrogen) atoms. The third-order valence-electron chi connectivity index (χ3n) is 2.42. The molecule has 0 saturated carbocycles. The molecule has 3 nitrogen and oxygen atoms in total. The van der Waals surface area contributed by atoms with Crippen molar-refractivity contribution in [2.75, 3.05) is 13.7 Å². The molecule has 1 aromatic carbocycles. The summed E-state index contributed by atoms with van der Waals surface area (Å²) in [5, 5.41) is 0.760. The number of hydrogen-bond acceptors (Lipinski definition) is 2. The monoisotopic (exact) mass is 239 g/mol. The van der Waals surface area contributed by atoms with Crippen LogP contribution in [0, 0.1) is 0 Å². The van der Waals surface area contributed by atoms with Gasteiger partial charge in [0.2, 0.25) is 0 Å². The highest BCUT2D eigenvalue weighted by molar-refractivity contribution is 5.85. The highest BCUT2D eigenvalue weighted by Gasteiger charge is 2.00. The Hall–Kier alpha value is -1.32. The van der Waals surface area contributed by atoms with Gasteiger partial charge in [-0.2, -0.15) is 0 Å². The van der Waals surface area contributed by atoms with E-state index < -0.39 is 0 Å². The van der Waals surface area contributed by atoms with E-state index in [-0.39, 0.29) is 17.8 Å². The van der Waals surface area contributed by atoms with Gasteiger partial charge in [0.1, 0.15) is 0 Å². The lowest BCUT2D eigenvalue weighted by Crippen LogP contribution is -2.10. The molecule has 0 aliphatic carbocycles. The largest absolute Gasteiger partial charge is 0.383 e. The van der Waals surface area contributed by atoms with Crippen molar-refractivity contribution in [2.24, 2.45) is 0 Å². The quantitative estimate of drug-likeness (QED) is 0.821. The van der Waals surface area contributed by atoms with Crippen molar-refractivity contribution < 1.29 is 4.74 Å². The molecule has 2 rings (SSSR count). The third-order valence-corrected chi connectivity index (χ3v) is 2.42. The molecule has 2 aromatic rings. The number of benzene rings is 1. The Morgan fingerprint density at radius 1 is 1.25 bits per heavy atom. The van der Waals surface area contributed by atoms with Gasteiger partial charge in [0, 0.05) is 31.3 Å². The molecule has 0 amide bonds. The van der Waals surface area contributed by atoms with Crippen molar-refractivity contribution in [1.82, 2.24) is 4.57 Å². The molecule has 0 radical (unpaired) electrons. The number of nitrogens with zero attached hydrogens (tertiary/aromatic N) is 1. The van der Waals surface area contributed by atoms with Gasteiger partial charge in [0.05, 0.1) is 12.1 Å². The maximum atomic E-state index is 11.6. The van der Waals surface area contributed by atoms with Gasteiger partial charge in [-0.15, -0.1) is 12.4 Å². The molecule has 0 unspecified atom stereocenters. The molecule has 1 heterocycles. The Morgan fingerprint density at radius 2 is 2.00 bits per heavy atom. The van der Waals surface area contributed by atoms with Gasteiger partial charge in [-0.3, -0.25) is 4.79 Å². The zero-order chi connectivity index (χ0) is 10.7. The lowest BCUT2D eigenvalue weighted by atomic mass is 10.2. The molecular weight excluding hydrogens is 226 g/mol. The van der Waals surface area contributed by atoms with Crippen LogP contribution in [0.1, 0.15) is 0 Å². The van der Waals surface area contributed by atoms with Gasteiger partial charge in [-0.1, -0.05) is 12.1 Å². The lowest BCUT2D eigenvalue weighted by Gasteiger charge is -2.09. The number of halogens is 1. The van der Waals surface area contributed by atoms with E-state index in [1.54, 1.807) is 13.2 Å². The van der Waals surface area contributed by atoms with Crippen molar-refractivity contribution in [3.05, 3.63) is 46.8 Å². The van der Waals surface area contributed by atoms with E-state index in [0.29, 0.717) is 6.61 Å². The SMILES string of the molecule is COCCn1ccc(=O)c2ccccc21.Cl. The van der Waals surface area contributed by atoms with Crippen LogP contribution in [0.2, 0.25) is 0 Å². The number of fused-ring (bicyclic) bond motifs is 1. The van der Waals surface area contributed by atoms with Crippen LogP contribution in [0.4, 0.5) is 0 Å². The van der Waals surface area contributed by atoms with Crippen LogP contribution in [0.15, 0.2) is 41.3 Å². The fraction of sp³-hybridized carbons (Fsp3) is 0.250. The van der Waals surface area contributed by atoms with Gasteiger partial charge < -0.3 is 9.30 Å². The molecule has 0 bridgehead atoms. The van der Waals surface area contributed by atoms with Crippen molar-refractivity contribution in [1.29, 1.82) is 0 Å². The molecule has 0 saturated heterocycles. The minimum Gasteiger partial charge on any atom is -0.383 e. The maximum absolute atomic E-state index is 11.6. The van der Waals surface area contributed by atoms with E-state index in [2.05, 4.69) is 0 Å². The van der Waals surface area contributed by atoms with Crippen molar-refractivity contribution in [2.45, 2.75) is 6.54 Å². The van der Waals surface area contributed by atoms with Gasteiger partial charge >= 0.3 is 0 Å². The first-order chi connectivity index (χ1) is 7.33. The summed E-state index contributed by atoms with van der Waals surface area (Å²) >= 11 is 0. The van der Waals surface area contributed by atoms with Gasteiger partial charge in [0.15, 0.2) is 5.43 Å². The molecule has 0 N–H and O–H groups in total. The molecule has 0 fully saturated rings. The molecule has 1 aromatic heterocycles. The fourth-order valence-electron chi connectivity index (χ4n) is 1.64. The molecule has 0 atom stereocenters. The molecule has 0 aliphatic heterocycles. The number of rotatable bonds is 3. The van der Waals surface area contributed by atoms with Crippen molar-refractivity contribution >= 4 is 23.3 Å². The van der Waals surface area contributed by atoms with E-state index >= 15 is 0 Å². The molecular formula is C12H14ClNO2. The third kappa shape index (κ3) is 2.43. The van der Waals surface area contributed by atoms with Crippen LogP contribution >= 0.6 is 12.4 Å². The Balaban J connectivity index is 0.00000128. The Labute approximate surface area is 100 Å². The minimum atomic E-state index is 0. The summed E-state index contributed by atoms with van der Waals surface area (Å²) in [5.41, 5.74) is 1.03. The fourth-order valence-corrected chi connectivity index (χ4v) is 1.64. The predicted octanol–water partition coefficient (Wildman–Crippen LogP) is 2.07. The van der Waals surface area contributed by atoms with Crippen LogP contribution in [-0.2, 0) is 11.3 Å². The minimum absolute atomic E-state index is 0. The topological polar surface area (TPSA) is 31.2 Å². The summed E-state index contributed by atoms with van der Waals surface area (Å²) in [6, 6.07) is 9.21. The van der Waals surface area contributed by atoms with E-state index in [1.165, 1.54) is 0 Å². The number of methoxy groups -OCH3 is 1. The molecule has 0 spiro atoms. The molecule has 0 aliphatic rings. The standard InChI is InChI=1S/C12H13NO2.ClH/c1-15-9-8-13-7-6-12(14)10-4-2-3-5-11(10)13;/h2-7H,8-9H2,1H3;1H.